The topological polar surface area (TPSA) is 0 Å². The van der Waals surface area contributed by atoms with Gasteiger partial charge in [0.25, 0.3) is 0 Å². The van der Waals surface area contributed by atoms with E-state index in [1.807, 2.05) is 0 Å². The summed E-state index contributed by atoms with van der Waals surface area (Å²) in [6.45, 7) is 0. The molecule has 0 N–H and O–H groups in total. The minimum absolute atomic E-state index is 0.258. The minimum Gasteiger partial charge on any atom is -0.202 e. The molecule has 0 nitrogen and oxygen atoms in total. The summed E-state index contributed by atoms with van der Waals surface area (Å²) in [4.78, 5) is -2.05. The van der Waals surface area contributed by atoms with Crippen molar-refractivity contribution in [3.05, 3.63) is 15.8 Å². The first-order valence-electron chi connectivity index (χ1n) is 3.11. The summed E-state index contributed by atoms with van der Waals surface area (Å²) in [7, 11) is 0. The number of hydrogen-bond donors (Lipinski definition) is 0. The van der Waals surface area contributed by atoms with Crippen LogP contribution in [0.4, 0.5) is 22.0 Å². The van der Waals surface area contributed by atoms with E-state index in [1.54, 1.807) is 0 Å². The van der Waals surface area contributed by atoms with E-state index >= 15 is 0 Å². The Morgan fingerprint density at radius 1 is 1.29 bits per heavy atom. The molecule has 0 aliphatic carbocycles. The third kappa shape index (κ3) is 2.32. The zero-order valence-corrected chi connectivity index (χ0v) is 8.68. The lowest BCUT2D eigenvalue weighted by molar-refractivity contribution is -0.136. The molecule has 0 saturated carbocycles. The van der Waals surface area contributed by atoms with Crippen molar-refractivity contribution in [3.8, 4) is 0 Å². The van der Waals surface area contributed by atoms with E-state index in [-0.39, 0.29) is 16.5 Å². The van der Waals surface area contributed by atoms with E-state index in [4.69, 9.17) is 11.6 Å². The second kappa shape index (κ2) is 4.24. The number of alkyl halides is 4. The maximum absolute atomic E-state index is 12.8. The zero-order chi connectivity index (χ0) is 10.9. The number of hydrogen-bond acceptors (Lipinski definition) is 2. The number of thiophene rings is 1. The highest BCUT2D eigenvalue weighted by Gasteiger charge is 2.39. The van der Waals surface area contributed by atoms with Crippen molar-refractivity contribution in [1.82, 2.24) is 0 Å². The molecule has 0 amide bonds. The molecule has 0 radical (unpaired) electrons. The summed E-state index contributed by atoms with van der Waals surface area (Å²) in [5.41, 5.74) is 0. The molecule has 0 bridgehead atoms. The van der Waals surface area contributed by atoms with Crippen LogP contribution < -0.4 is 0 Å². The lowest BCUT2D eigenvalue weighted by atomic mass is 10.4. The molecule has 0 fully saturated rings. The van der Waals surface area contributed by atoms with Gasteiger partial charge in [0.05, 0.1) is 10.1 Å². The maximum Gasteiger partial charge on any atom is 0.426 e. The van der Waals surface area contributed by atoms with E-state index < -0.39 is 26.9 Å². The molecule has 0 aromatic carbocycles. The zero-order valence-electron chi connectivity index (χ0n) is 6.29. The molecule has 0 aliphatic heterocycles. The lowest BCUT2D eigenvalue weighted by Crippen LogP contribution is -2.03. The van der Waals surface area contributed by atoms with Crippen molar-refractivity contribution in [2.45, 2.75) is 11.1 Å². The molecule has 1 aromatic heterocycles. The van der Waals surface area contributed by atoms with Crippen molar-refractivity contribution >= 4 is 34.7 Å². The van der Waals surface area contributed by atoms with Crippen LogP contribution in [0, 0.1) is 10.9 Å². The van der Waals surface area contributed by atoms with Gasteiger partial charge in [0.15, 0.2) is 5.82 Å². The van der Waals surface area contributed by atoms with Crippen LogP contribution in [0.1, 0.15) is 4.88 Å². The number of halogens is 6. The molecular formula is C6H2ClF5S2. The van der Waals surface area contributed by atoms with E-state index in [1.165, 1.54) is 0 Å². The first-order chi connectivity index (χ1) is 6.38. The van der Waals surface area contributed by atoms with Crippen molar-refractivity contribution in [3.63, 3.8) is 0 Å². The summed E-state index contributed by atoms with van der Waals surface area (Å²) >= 11 is 5.31. The summed E-state index contributed by atoms with van der Waals surface area (Å²) in [5.74, 6) is -1.48. The van der Waals surface area contributed by atoms with E-state index in [0.29, 0.717) is 11.8 Å². The van der Waals surface area contributed by atoms with Crippen LogP contribution in [0.25, 0.3) is 0 Å². The molecule has 0 saturated heterocycles. The van der Waals surface area contributed by atoms with Gasteiger partial charge >= 0.3 is 6.18 Å². The standard InChI is InChI=1S/C6H2ClF5S2/c7-1-13-3-2(8)5(9)14-4(3)6(10,11)12/h1H2. The van der Waals surface area contributed by atoms with Crippen molar-refractivity contribution in [1.29, 1.82) is 0 Å². The van der Waals surface area contributed by atoms with E-state index in [0.717, 1.165) is 0 Å². The highest BCUT2D eigenvalue weighted by atomic mass is 35.5. The van der Waals surface area contributed by atoms with Gasteiger partial charge < -0.3 is 0 Å². The van der Waals surface area contributed by atoms with Crippen molar-refractivity contribution < 1.29 is 22.0 Å². The molecular weight excluding hydrogens is 267 g/mol. The molecule has 0 aliphatic rings. The SMILES string of the molecule is Fc1sc(C(F)(F)F)c(SCCl)c1F. The number of thioether (sulfide) groups is 1. The summed E-state index contributed by atoms with van der Waals surface area (Å²) in [6.07, 6.45) is -4.75. The van der Waals surface area contributed by atoms with Crippen LogP contribution in [-0.4, -0.2) is 5.21 Å². The second-order valence-corrected chi connectivity index (χ2v) is 4.64. The predicted octanol–water partition coefficient (Wildman–Crippen LogP) is 4.33. The fourth-order valence-corrected chi connectivity index (χ4v) is 2.67. The van der Waals surface area contributed by atoms with Crippen molar-refractivity contribution in [2.24, 2.45) is 0 Å². The Balaban J connectivity index is 3.22. The molecule has 14 heavy (non-hydrogen) atoms. The Labute approximate surface area is 89.1 Å². The fourth-order valence-electron chi connectivity index (χ4n) is 0.740. The first-order valence-corrected chi connectivity index (χ1v) is 5.45. The summed E-state index contributed by atoms with van der Waals surface area (Å²) < 4.78 is 61.9. The van der Waals surface area contributed by atoms with Crippen LogP contribution in [0.2, 0.25) is 0 Å². The predicted molar refractivity (Wildman–Crippen MR) is 45.8 cm³/mol. The van der Waals surface area contributed by atoms with E-state index in [2.05, 4.69) is 0 Å². The van der Waals surface area contributed by atoms with Gasteiger partial charge in [-0.05, 0) is 0 Å². The Hall–Kier alpha value is -0.0100. The minimum atomic E-state index is -4.75. The van der Waals surface area contributed by atoms with E-state index in [9.17, 15) is 22.0 Å². The van der Waals surface area contributed by atoms with Gasteiger partial charge in [0.2, 0.25) is 5.13 Å². The van der Waals surface area contributed by atoms with Crippen LogP contribution >= 0.6 is 34.7 Å². The molecule has 1 aromatic rings. The molecule has 8 heteroatoms. The van der Waals surface area contributed by atoms with Crippen LogP contribution in [0.15, 0.2) is 4.90 Å². The smallest absolute Gasteiger partial charge is 0.202 e. The Kier molecular flexibility index (Phi) is 3.65. The lowest BCUT2D eigenvalue weighted by Gasteiger charge is -2.04. The first kappa shape index (κ1) is 12.1. The highest BCUT2D eigenvalue weighted by molar-refractivity contribution is 8.00. The largest absolute Gasteiger partial charge is 0.426 e. The quantitative estimate of drug-likeness (QED) is 0.437. The highest BCUT2D eigenvalue weighted by Crippen LogP contribution is 2.43. The third-order valence-electron chi connectivity index (χ3n) is 1.23. The van der Waals surface area contributed by atoms with Crippen LogP contribution in [0.5, 0.6) is 0 Å². The van der Waals surface area contributed by atoms with Crippen molar-refractivity contribution in [2.75, 3.05) is 5.21 Å². The summed E-state index contributed by atoms with van der Waals surface area (Å²) in [6, 6.07) is 0. The Morgan fingerprint density at radius 3 is 2.29 bits per heavy atom. The molecule has 0 spiro atoms. The maximum atomic E-state index is 12.8. The summed E-state index contributed by atoms with van der Waals surface area (Å²) in [5, 5.41) is -1.74. The van der Waals surface area contributed by atoms with Crippen LogP contribution in [-0.2, 0) is 6.18 Å². The van der Waals surface area contributed by atoms with Gasteiger partial charge in [-0.25, -0.2) is 4.39 Å². The normalized spacial score (nSPS) is 12.1. The Bertz CT molecular complexity index is 332. The van der Waals surface area contributed by atoms with Gasteiger partial charge in [0.1, 0.15) is 4.88 Å². The molecule has 0 atom stereocenters. The Morgan fingerprint density at radius 2 is 1.86 bits per heavy atom. The molecule has 0 unspecified atom stereocenters. The third-order valence-corrected chi connectivity index (χ3v) is 3.46. The average Bonchev–Trinajstić information content (AvgIpc) is 2.32. The second-order valence-electron chi connectivity index (χ2n) is 2.10. The van der Waals surface area contributed by atoms with Gasteiger partial charge in [-0.15, -0.1) is 23.4 Å². The molecule has 1 rings (SSSR count). The monoisotopic (exact) mass is 268 g/mol. The molecule has 1 heterocycles. The van der Waals surface area contributed by atoms with Gasteiger partial charge in [-0.2, -0.15) is 17.6 Å². The van der Waals surface area contributed by atoms with Gasteiger partial charge in [0, 0.05) is 0 Å². The average molecular weight is 269 g/mol. The van der Waals surface area contributed by atoms with Gasteiger partial charge in [-0.1, -0.05) is 11.3 Å². The van der Waals surface area contributed by atoms with Gasteiger partial charge in [-0.3, -0.25) is 0 Å². The number of rotatable bonds is 2. The molecule has 80 valence electrons. The fraction of sp³-hybridized carbons (Fsp3) is 0.333. The van der Waals surface area contributed by atoms with Crippen LogP contribution in [0.3, 0.4) is 0 Å².